The van der Waals surface area contributed by atoms with Crippen molar-refractivity contribution < 1.29 is 24.2 Å². The van der Waals surface area contributed by atoms with Gasteiger partial charge in [0.05, 0.1) is 25.6 Å². The molecule has 1 atom stereocenters. The molecule has 1 unspecified atom stereocenters. The van der Waals surface area contributed by atoms with Gasteiger partial charge in [-0.05, 0) is 42.2 Å². The lowest BCUT2D eigenvalue weighted by atomic mass is 9.99. The number of hydrogen-bond donors (Lipinski definition) is 5. The van der Waals surface area contributed by atoms with Crippen LogP contribution >= 0.6 is 0 Å². The summed E-state index contributed by atoms with van der Waals surface area (Å²) in [4.78, 5) is 42.8. The van der Waals surface area contributed by atoms with Gasteiger partial charge in [-0.15, -0.1) is 0 Å². The van der Waals surface area contributed by atoms with E-state index in [-0.39, 0.29) is 25.3 Å². The van der Waals surface area contributed by atoms with E-state index in [9.17, 15) is 19.5 Å². The third kappa shape index (κ3) is 8.46. The number of H-pyrrole nitrogens is 1. The maximum absolute atomic E-state index is 12.4. The van der Waals surface area contributed by atoms with Gasteiger partial charge in [-0.3, -0.25) is 14.4 Å². The Bertz CT molecular complexity index is 1110. The van der Waals surface area contributed by atoms with Crippen molar-refractivity contribution in [3.05, 3.63) is 66.5 Å². The summed E-state index contributed by atoms with van der Waals surface area (Å²) in [6.07, 6.45) is 3.85. The summed E-state index contributed by atoms with van der Waals surface area (Å²) in [7, 11) is 0. The molecule has 0 saturated carbocycles. The minimum atomic E-state index is -1.04. The van der Waals surface area contributed by atoms with E-state index in [2.05, 4.69) is 25.9 Å². The minimum absolute atomic E-state index is 0.231. The van der Waals surface area contributed by atoms with Crippen LogP contribution in [-0.2, 0) is 14.4 Å². The number of rotatable bonds is 14. The third-order valence-electron chi connectivity index (χ3n) is 5.34. The second-order valence-electron chi connectivity index (χ2n) is 8.04. The Hall–Kier alpha value is -4.34. The van der Waals surface area contributed by atoms with Gasteiger partial charge >= 0.3 is 5.97 Å². The van der Waals surface area contributed by atoms with Crippen LogP contribution in [0.2, 0.25) is 0 Å². The Morgan fingerprint density at radius 3 is 2.33 bits per heavy atom. The van der Waals surface area contributed by atoms with Crippen molar-refractivity contribution in [1.29, 1.82) is 0 Å². The summed E-state index contributed by atoms with van der Waals surface area (Å²) in [6, 6.07) is 14.3. The SMILES string of the molecule is CCOc1ccc(-c2ccc(C(CC(=O)O)NC(=O)CNC(=O)CCCNc3ncc[nH]3)cc2)cc1. The molecule has 2 aromatic carbocycles. The van der Waals surface area contributed by atoms with Gasteiger partial charge in [0.25, 0.3) is 0 Å². The quantitative estimate of drug-likeness (QED) is 0.217. The summed E-state index contributed by atoms with van der Waals surface area (Å²) < 4.78 is 5.47. The second kappa shape index (κ2) is 13.5. The van der Waals surface area contributed by atoms with Gasteiger partial charge in [0.1, 0.15) is 5.75 Å². The molecule has 10 heteroatoms. The molecule has 1 heterocycles. The average Bonchev–Trinajstić information content (AvgIpc) is 3.39. The van der Waals surface area contributed by atoms with E-state index >= 15 is 0 Å². The molecule has 0 radical (unpaired) electrons. The van der Waals surface area contributed by atoms with Gasteiger partial charge in [0.15, 0.2) is 5.95 Å². The number of amides is 2. The number of carboxylic acids is 1. The molecular weight excluding hydrogens is 462 g/mol. The smallest absolute Gasteiger partial charge is 0.305 e. The number of carboxylic acid groups (broad SMARTS) is 1. The van der Waals surface area contributed by atoms with E-state index in [1.165, 1.54) is 0 Å². The number of carbonyl (C=O) groups excluding carboxylic acids is 2. The van der Waals surface area contributed by atoms with Crippen LogP contribution < -0.4 is 20.7 Å². The molecular formula is C26H31N5O5. The average molecular weight is 494 g/mol. The van der Waals surface area contributed by atoms with E-state index in [0.717, 1.165) is 16.9 Å². The van der Waals surface area contributed by atoms with Crippen molar-refractivity contribution in [2.45, 2.75) is 32.2 Å². The van der Waals surface area contributed by atoms with Crippen LogP contribution in [0.3, 0.4) is 0 Å². The fourth-order valence-electron chi connectivity index (χ4n) is 3.58. The molecule has 1 aromatic heterocycles. The van der Waals surface area contributed by atoms with Crippen LogP contribution in [-0.4, -0.2) is 52.6 Å². The van der Waals surface area contributed by atoms with Gasteiger partial charge < -0.3 is 30.8 Å². The summed E-state index contributed by atoms with van der Waals surface area (Å²) in [6.45, 7) is 2.85. The Balaban J connectivity index is 1.49. The van der Waals surface area contributed by atoms with Crippen molar-refractivity contribution >= 4 is 23.7 Å². The molecule has 190 valence electrons. The molecule has 0 bridgehead atoms. The highest BCUT2D eigenvalue weighted by Crippen LogP contribution is 2.25. The molecule has 0 aliphatic carbocycles. The predicted octanol–water partition coefficient (Wildman–Crippen LogP) is 3.12. The molecule has 0 saturated heterocycles. The van der Waals surface area contributed by atoms with Crippen molar-refractivity contribution in [1.82, 2.24) is 20.6 Å². The zero-order chi connectivity index (χ0) is 25.8. The minimum Gasteiger partial charge on any atom is -0.494 e. The number of aromatic amines is 1. The fourth-order valence-corrected chi connectivity index (χ4v) is 3.58. The number of anilines is 1. The van der Waals surface area contributed by atoms with Crippen LogP contribution in [0.4, 0.5) is 5.95 Å². The first-order valence-electron chi connectivity index (χ1n) is 11.8. The largest absolute Gasteiger partial charge is 0.494 e. The van der Waals surface area contributed by atoms with Gasteiger partial charge in [-0.25, -0.2) is 4.98 Å². The molecule has 0 spiro atoms. The van der Waals surface area contributed by atoms with Crippen LogP contribution in [0.1, 0.15) is 37.8 Å². The summed E-state index contributed by atoms with van der Waals surface area (Å²) >= 11 is 0. The highest BCUT2D eigenvalue weighted by atomic mass is 16.5. The number of imidazole rings is 1. The number of hydrogen-bond acceptors (Lipinski definition) is 6. The number of aliphatic carboxylic acids is 1. The maximum Gasteiger partial charge on any atom is 0.305 e. The first kappa shape index (κ1) is 26.3. The molecule has 5 N–H and O–H groups in total. The number of ether oxygens (including phenoxy) is 1. The molecule has 3 rings (SSSR count). The third-order valence-corrected chi connectivity index (χ3v) is 5.34. The second-order valence-corrected chi connectivity index (χ2v) is 8.04. The van der Waals surface area contributed by atoms with Gasteiger partial charge in [-0.2, -0.15) is 0 Å². The number of carbonyl (C=O) groups is 3. The van der Waals surface area contributed by atoms with Crippen LogP contribution in [0.5, 0.6) is 5.75 Å². The highest BCUT2D eigenvalue weighted by molar-refractivity contribution is 5.85. The molecule has 0 aliphatic heterocycles. The van der Waals surface area contributed by atoms with E-state index in [1.807, 2.05) is 43.3 Å². The zero-order valence-electron chi connectivity index (χ0n) is 20.1. The lowest BCUT2D eigenvalue weighted by molar-refractivity contribution is -0.138. The standard InChI is InChI=1S/C26H31N5O5/c1-2-36-21-11-9-19(10-12-21)18-5-7-20(8-6-18)22(16-25(34)35)31-24(33)17-30-23(32)4-3-13-27-26-28-14-15-29-26/h5-12,14-15,22H,2-4,13,16-17H2,1H3,(H,30,32)(H,31,33)(H,34,35)(H2,27,28,29). The van der Waals surface area contributed by atoms with Crippen molar-refractivity contribution in [2.75, 3.05) is 25.0 Å². The summed E-state index contributed by atoms with van der Waals surface area (Å²) in [5.41, 5.74) is 2.61. The number of aromatic nitrogens is 2. The van der Waals surface area contributed by atoms with Gasteiger partial charge in [0, 0.05) is 25.4 Å². The Morgan fingerprint density at radius 1 is 1.03 bits per heavy atom. The Labute approximate surface area is 209 Å². The van der Waals surface area contributed by atoms with E-state index in [1.54, 1.807) is 24.5 Å². The first-order chi connectivity index (χ1) is 17.4. The zero-order valence-corrected chi connectivity index (χ0v) is 20.1. The van der Waals surface area contributed by atoms with E-state index < -0.39 is 17.9 Å². The van der Waals surface area contributed by atoms with E-state index in [0.29, 0.717) is 31.1 Å². The predicted molar refractivity (Wildman–Crippen MR) is 136 cm³/mol. The molecule has 0 aliphatic rings. The van der Waals surface area contributed by atoms with Gasteiger partial charge in [-0.1, -0.05) is 36.4 Å². The molecule has 10 nitrogen and oxygen atoms in total. The van der Waals surface area contributed by atoms with Crippen LogP contribution in [0.15, 0.2) is 60.9 Å². The van der Waals surface area contributed by atoms with Crippen LogP contribution in [0.25, 0.3) is 11.1 Å². The normalized spacial score (nSPS) is 11.4. The lowest BCUT2D eigenvalue weighted by Crippen LogP contribution is -2.39. The van der Waals surface area contributed by atoms with Crippen molar-refractivity contribution in [3.63, 3.8) is 0 Å². The Kier molecular flexibility index (Phi) is 9.87. The van der Waals surface area contributed by atoms with Crippen molar-refractivity contribution in [2.24, 2.45) is 0 Å². The lowest BCUT2D eigenvalue weighted by Gasteiger charge is -2.18. The molecule has 36 heavy (non-hydrogen) atoms. The molecule has 3 aromatic rings. The topological polar surface area (TPSA) is 145 Å². The summed E-state index contributed by atoms with van der Waals surface area (Å²) in [5.74, 6) is -0.338. The fraction of sp³-hybridized carbons (Fsp3) is 0.308. The summed E-state index contributed by atoms with van der Waals surface area (Å²) in [5, 5.41) is 17.6. The van der Waals surface area contributed by atoms with Crippen molar-refractivity contribution in [3.8, 4) is 16.9 Å². The maximum atomic E-state index is 12.4. The monoisotopic (exact) mass is 493 g/mol. The number of nitrogens with one attached hydrogen (secondary N) is 4. The number of benzene rings is 2. The van der Waals surface area contributed by atoms with Crippen LogP contribution in [0, 0.1) is 0 Å². The number of nitrogens with zero attached hydrogens (tertiary/aromatic N) is 1. The Morgan fingerprint density at radius 2 is 1.72 bits per heavy atom. The highest BCUT2D eigenvalue weighted by Gasteiger charge is 2.18. The van der Waals surface area contributed by atoms with E-state index in [4.69, 9.17) is 4.74 Å². The molecule has 0 fully saturated rings. The molecule has 2 amide bonds. The first-order valence-corrected chi connectivity index (χ1v) is 11.8. The van der Waals surface area contributed by atoms with Gasteiger partial charge in [0.2, 0.25) is 11.8 Å².